The molecule has 2 aromatic carbocycles. The fourth-order valence-corrected chi connectivity index (χ4v) is 2.43. The Hall–Kier alpha value is -1.03. The van der Waals surface area contributed by atoms with Gasteiger partial charge in [-0.25, -0.2) is 0 Å². The van der Waals surface area contributed by atoms with Gasteiger partial charge < -0.3 is 5.32 Å². The number of ketones is 1. The van der Waals surface area contributed by atoms with Crippen molar-refractivity contribution in [2.75, 3.05) is 11.9 Å². The van der Waals surface area contributed by atoms with Gasteiger partial charge >= 0.3 is 0 Å². The lowest BCUT2D eigenvalue weighted by Gasteiger charge is -2.07. The molecule has 0 heterocycles. The zero-order valence-electron chi connectivity index (χ0n) is 10.5. The Balaban J connectivity index is 1.89. The normalized spacial score (nSPS) is 10.3. The summed E-state index contributed by atoms with van der Waals surface area (Å²) in [5.74, 6) is 0.0962. The van der Waals surface area contributed by atoms with Crippen LogP contribution in [-0.2, 0) is 0 Å². The van der Waals surface area contributed by atoms with E-state index in [1.54, 1.807) is 12.1 Å². The van der Waals surface area contributed by atoms with Crippen LogP contribution in [0.15, 0.2) is 46.9 Å². The van der Waals surface area contributed by atoms with Crippen molar-refractivity contribution in [3.05, 3.63) is 62.5 Å². The number of hydrogen-bond acceptors (Lipinski definition) is 2. The second-order valence-corrected chi connectivity index (χ2v) is 5.97. The molecule has 0 bridgehead atoms. The highest BCUT2D eigenvalue weighted by molar-refractivity contribution is 9.10. The van der Waals surface area contributed by atoms with Crippen molar-refractivity contribution in [1.82, 2.24) is 0 Å². The van der Waals surface area contributed by atoms with Gasteiger partial charge in [-0.05, 0) is 30.3 Å². The Morgan fingerprint density at radius 3 is 2.60 bits per heavy atom. The Bertz CT molecular complexity index is 631. The van der Waals surface area contributed by atoms with Crippen molar-refractivity contribution >= 4 is 50.6 Å². The van der Waals surface area contributed by atoms with Gasteiger partial charge in [0, 0.05) is 28.7 Å². The topological polar surface area (TPSA) is 29.1 Å². The van der Waals surface area contributed by atoms with Crippen molar-refractivity contribution in [2.24, 2.45) is 0 Å². The van der Waals surface area contributed by atoms with Crippen molar-refractivity contribution in [1.29, 1.82) is 0 Å². The minimum atomic E-state index is 0.0962. The van der Waals surface area contributed by atoms with Gasteiger partial charge in [-0.2, -0.15) is 0 Å². The molecule has 0 aromatic heterocycles. The first-order chi connectivity index (χ1) is 9.56. The Morgan fingerprint density at radius 2 is 1.90 bits per heavy atom. The monoisotopic (exact) mass is 371 g/mol. The van der Waals surface area contributed by atoms with Gasteiger partial charge in [0.1, 0.15) is 0 Å². The van der Waals surface area contributed by atoms with Gasteiger partial charge in [-0.1, -0.05) is 51.3 Å². The summed E-state index contributed by atoms with van der Waals surface area (Å²) >= 11 is 15.1. The number of carbonyl (C=O) groups excluding carboxylic acids is 1. The molecule has 0 fully saturated rings. The van der Waals surface area contributed by atoms with Crippen molar-refractivity contribution in [3.63, 3.8) is 0 Å². The second kappa shape index (κ2) is 7.11. The molecule has 0 saturated carbocycles. The molecule has 0 aliphatic rings. The number of hydrogen-bond donors (Lipinski definition) is 1. The second-order valence-electron chi connectivity index (χ2n) is 4.24. The molecule has 104 valence electrons. The maximum absolute atomic E-state index is 12.0. The van der Waals surface area contributed by atoms with Crippen LogP contribution >= 0.6 is 39.1 Å². The number of halogens is 3. The van der Waals surface area contributed by atoms with E-state index in [2.05, 4.69) is 21.2 Å². The van der Waals surface area contributed by atoms with Crippen LogP contribution in [0.2, 0.25) is 10.0 Å². The summed E-state index contributed by atoms with van der Waals surface area (Å²) in [5, 5.41) is 4.16. The molecule has 0 aliphatic heterocycles. The first kappa shape index (κ1) is 15.4. The quantitative estimate of drug-likeness (QED) is 0.708. The van der Waals surface area contributed by atoms with Gasteiger partial charge in [0.2, 0.25) is 0 Å². The van der Waals surface area contributed by atoms with Crippen LogP contribution in [0.5, 0.6) is 0 Å². The number of anilines is 1. The van der Waals surface area contributed by atoms with Crippen LogP contribution in [0.4, 0.5) is 5.69 Å². The lowest BCUT2D eigenvalue weighted by molar-refractivity contribution is 0.0986. The molecule has 2 aromatic rings. The molecular weight excluding hydrogens is 361 g/mol. The summed E-state index contributed by atoms with van der Waals surface area (Å²) in [7, 11) is 0. The van der Waals surface area contributed by atoms with E-state index in [4.69, 9.17) is 23.2 Å². The molecule has 0 aliphatic carbocycles. The average molecular weight is 373 g/mol. The zero-order valence-corrected chi connectivity index (χ0v) is 13.6. The average Bonchev–Trinajstić information content (AvgIpc) is 2.42. The smallest absolute Gasteiger partial charge is 0.164 e. The van der Waals surface area contributed by atoms with Crippen LogP contribution < -0.4 is 5.32 Å². The number of Topliss-reactive ketones (excluding diaryl/α,β-unsaturated/α-hetero) is 1. The minimum Gasteiger partial charge on any atom is -0.385 e. The molecule has 2 nitrogen and oxygen atoms in total. The van der Waals surface area contributed by atoms with Gasteiger partial charge in [-0.15, -0.1) is 0 Å². The number of nitrogens with one attached hydrogen (secondary N) is 1. The summed E-state index contributed by atoms with van der Waals surface area (Å²) in [6.07, 6.45) is 0.413. The molecule has 20 heavy (non-hydrogen) atoms. The lowest BCUT2D eigenvalue weighted by Crippen LogP contribution is -2.08. The Labute approximate surface area is 136 Å². The molecular formula is C15H12BrCl2NO. The van der Waals surface area contributed by atoms with E-state index in [-0.39, 0.29) is 5.78 Å². The third-order valence-corrected chi connectivity index (χ3v) is 3.98. The lowest BCUT2D eigenvalue weighted by atomic mass is 10.1. The summed E-state index contributed by atoms with van der Waals surface area (Å²) in [6.45, 7) is 0.545. The standard InChI is InChI=1S/C15H12BrCl2NO/c16-11-3-1-2-10(8-11)15(20)6-7-19-12-4-5-13(17)14(18)9-12/h1-5,8-9,19H,6-7H2. The Kier molecular flexibility index (Phi) is 5.46. The van der Waals surface area contributed by atoms with Crippen molar-refractivity contribution in [2.45, 2.75) is 6.42 Å². The highest BCUT2D eigenvalue weighted by atomic mass is 79.9. The van der Waals surface area contributed by atoms with Crippen molar-refractivity contribution in [3.8, 4) is 0 Å². The fourth-order valence-electron chi connectivity index (χ4n) is 1.73. The van der Waals surface area contributed by atoms with Gasteiger partial charge in [0.25, 0.3) is 0 Å². The van der Waals surface area contributed by atoms with Crippen LogP contribution in [0.1, 0.15) is 16.8 Å². The third-order valence-electron chi connectivity index (χ3n) is 2.75. The molecule has 0 spiro atoms. The molecule has 0 saturated heterocycles. The molecule has 0 radical (unpaired) electrons. The third kappa shape index (κ3) is 4.23. The van der Waals surface area contributed by atoms with E-state index in [9.17, 15) is 4.79 Å². The van der Waals surface area contributed by atoms with Crippen LogP contribution in [0, 0.1) is 0 Å². The zero-order chi connectivity index (χ0) is 14.5. The van der Waals surface area contributed by atoms with Crippen LogP contribution in [-0.4, -0.2) is 12.3 Å². The van der Waals surface area contributed by atoms with E-state index >= 15 is 0 Å². The van der Waals surface area contributed by atoms with Crippen LogP contribution in [0.25, 0.3) is 0 Å². The van der Waals surface area contributed by atoms with Gasteiger partial charge in [-0.3, -0.25) is 4.79 Å². The summed E-state index contributed by atoms with van der Waals surface area (Å²) in [4.78, 5) is 12.0. The predicted octanol–water partition coefficient (Wildman–Crippen LogP) is 5.44. The van der Waals surface area contributed by atoms with Crippen molar-refractivity contribution < 1.29 is 4.79 Å². The molecule has 0 amide bonds. The van der Waals surface area contributed by atoms with E-state index in [0.717, 1.165) is 10.2 Å². The van der Waals surface area contributed by atoms with E-state index in [0.29, 0.717) is 28.6 Å². The van der Waals surface area contributed by atoms with Gasteiger partial charge in [0.05, 0.1) is 10.0 Å². The highest BCUT2D eigenvalue weighted by Gasteiger charge is 2.06. The maximum atomic E-state index is 12.0. The van der Waals surface area contributed by atoms with E-state index in [1.165, 1.54) is 0 Å². The SMILES string of the molecule is O=C(CCNc1ccc(Cl)c(Cl)c1)c1cccc(Br)c1. The molecule has 0 unspecified atom stereocenters. The minimum absolute atomic E-state index is 0.0962. The summed E-state index contributed by atoms with van der Waals surface area (Å²) < 4.78 is 0.904. The van der Waals surface area contributed by atoms with Crippen LogP contribution in [0.3, 0.4) is 0 Å². The molecule has 2 rings (SSSR count). The Morgan fingerprint density at radius 1 is 1.10 bits per heavy atom. The fraction of sp³-hybridized carbons (Fsp3) is 0.133. The molecule has 0 atom stereocenters. The molecule has 1 N–H and O–H groups in total. The maximum Gasteiger partial charge on any atom is 0.164 e. The number of rotatable bonds is 5. The van der Waals surface area contributed by atoms with Gasteiger partial charge in [0.15, 0.2) is 5.78 Å². The molecule has 5 heteroatoms. The summed E-state index contributed by atoms with van der Waals surface area (Å²) in [5.41, 5.74) is 1.55. The predicted molar refractivity (Wildman–Crippen MR) is 88.0 cm³/mol. The largest absolute Gasteiger partial charge is 0.385 e. The van der Waals surface area contributed by atoms with E-state index in [1.807, 2.05) is 30.3 Å². The first-order valence-corrected chi connectivity index (χ1v) is 7.59. The number of carbonyl (C=O) groups is 1. The number of benzene rings is 2. The van der Waals surface area contributed by atoms with E-state index < -0.39 is 0 Å². The highest BCUT2D eigenvalue weighted by Crippen LogP contribution is 2.25. The summed E-state index contributed by atoms with van der Waals surface area (Å²) in [6, 6.07) is 12.7. The first-order valence-electron chi connectivity index (χ1n) is 6.04.